The van der Waals surface area contributed by atoms with Gasteiger partial charge in [-0.3, -0.25) is 9.51 Å². The number of rotatable bonds is 6. The quantitative estimate of drug-likeness (QED) is 0.584. The first-order valence-corrected chi connectivity index (χ1v) is 7.46. The third-order valence-electron chi connectivity index (χ3n) is 1.87. The van der Waals surface area contributed by atoms with Crippen molar-refractivity contribution >= 4 is 13.6 Å². The lowest BCUT2D eigenvalue weighted by atomic mass is 10.4. The summed E-state index contributed by atoms with van der Waals surface area (Å²) < 4.78 is 27.0. The van der Waals surface area contributed by atoms with Gasteiger partial charge in [0.2, 0.25) is 0 Å². The Bertz CT molecular complexity index is 436. The second-order valence-corrected chi connectivity index (χ2v) is 5.49. The zero-order valence-corrected chi connectivity index (χ0v) is 11.4. The molecule has 1 aromatic rings. The minimum atomic E-state index is -3.39. The lowest BCUT2D eigenvalue weighted by Crippen LogP contribution is -2.23. The fraction of sp³-hybridized carbons (Fsp3) is 0.455. The fourth-order valence-electron chi connectivity index (χ4n) is 1.20. The summed E-state index contributed by atoms with van der Waals surface area (Å²) in [5.41, 5.74) is 0. The summed E-state index contributed by atoms with van der Waals surface area (Å²) in [7, 11) is -3.39. The molecule has 1 heterocycles. The van der Waals surface area contributed by atoms with Gasteiger partial charge in [-0.2, -0.15) is 0 Å². The van der Waals surface area contributed by atoms with Crippen molar-refractivity contribution in [2.24, 2.45) is 0 Å². The molecule has 0 amide bonds. The van der Waals surface area contributed by atoms with E-state index in [4.69, 9.17) is 13.8 Å². The van der Waals surface area contributed by atoms with Crippen molar-refractivity contribution in [2.75, 3.05) is 13.3 Å². The topological polar surface area (TPSA) is 74.7 Å². The second-order valence-electron chi connectivity index (χ2n) is 3.55. The number of carbonyl (C=O) groups excluding carboxylic acids is 1. The van der Waals surface area contributed by atoms with Gasteiger partial charge >= 0.3 is 13.6 Å². The molecule has 100 valence electrons. The van der Waals surface area contributed by atoms with E-state index in [1.54, 1.807) is 25.3 Å². The number of carbonyl (C=O) groups is 1. The molecule has 0 N–H and O–H groups in total. The number of hydrogen-bond donors (Lipinski definition) is 0. The standard InChI is InChI=1S/C11H16NO5P/c1-4-15-11(13)9(2)16-18(3,14)17-10-6-5-7-12-8-10/h5-9H,4H2,1-3H3. The first kappa shape index (κ1) is 14.7. The van der Waals surface area contributed by atoms with Crippen molar-refractivity contribution < 1.29 is 23.1 Å². The minimum absolute atomic E-state index is 0.240. The van der Waals surface area contributed by atoms with Crippen molar-refractivity contribution in [1.82, 2.24) is 4.98 Å². The van der Waals surface area contributed by atoms with E-state index in [-0.39, 0.29) is 6.61 Å². The van der Waals surface area contributed by atoms with Crippen LogP contribution in [0.3, 0.4) is 0 Å². The van der Waals surface area contributed by atoms with E-state index in [9.17, 15) is 9.36 Å². The lowest BCUT2D eigenvalue weighted by Gasteiger charge is -2.18. The summed E-state index contributed by atoms with van der Waals surface area (Å²) in [5, 5.41) is 0. The highest BCUT2D eigenvalue weighted by Gasteiger charge is 2.27. The number of ether oxygens (including phenoxy) is 1. The highest BCUT2D eigenvalue weighted by molar-refractivity contribution is 7.53. The monoisotopic (exact) mass is 273 g/mol. The van der Waals surface area contributed by atoms with E-state index >= 15 is 0 Å². The molecule has 0 aliphatic carbocycles. The normalized spacial score (nSPS) is 15.5. The Morgan fingerprint density at radius 2 is 2.28 bits per heavy atom. The predicted molar refractivity (Wildman–Crippen MR) is 65.6 cm³/mol. The third kappa shape index (κ3) is 4.85. The van der Waals surface area contributed by atoms with Crippen LogP contribution >= 0.6 is 7.60 Å². The molecule has 1 aromatic heterocycles. The Morgan fingerprint density at radius 1 is 1.56 bits per heavy atom. The Labute approximate surface area is 106 Å². The van der Waals surface area contributed by atoms with Gasteiger partial charge in [0, 0.05) is 12.9 Å². The van der Waals surface area contributed by atoms with Crippen LogP contribution in [-0.4, -0.2) is 30.3 Å². The maximum Gasteiger partial charge on any atom is 0.377 e. The lowest BCUT2D eigenvalue weighted by molar-refractivity contribution is -0.150. The Morgan fingerprint density at radius 3 is 2.83 bits per heavy atom. The molecule has 6 nitrogen and oxygen atoms in total. The predicted octanol–water partition coefficient (Wildman–Crippen LogP) is 2.25. The van der Waals surface area contributed by atoms with Crippen molar-refractivity contribution in [3.05, 3.63) is 24.5 Å². The summed E-state index contributed by atoms with van der Waals surface area (Å²) in [5.74, 6) is -0.256. The van der Waals surface area contributed by atoms with Gasteiger partial charge in [0.25, 0.3) is 0 Å². The van der Waals surface area contributed by atoms with Crippen LogP contribution in [0.15, 0.2) is 24.5 Å². The van der Waals surface area contributed by atoms with E-state index in [0.29, 0.717) is 5.75 Å². The van der Waals surface area contributed by atoms with Crippen LogP contribution < -0.4 is 4.52 Å². The van der Waals surface area contributed by atoms with Gasteiger partial charge in [0.15, 0.2) is 6.10 Å². The molecule has 2 unspecified atom stereocenters. The van der Waals surface area contributed by atoms with Gasteiger partial charge in [-0.25, -0.2) is 9.36 Å². The highest BCUT2D eigenvalue weighted by atomic mass is 31.2. The van der Waals surface area contributed by atoms with E-state index in [2.05, 4.69) is 4.98 Å². The zero-order valence-electron chi connectivity index (χ0n) is 10.5. The van der Waals surface area contributed by atoms with Crippen molar-refractivity contribution in [2.45, 2.75) is 20.0 Å². The molecule has 1 rings (SSSR count). The molecule has 7 heteroatoms. The van der Waals surface area contributed by atoms with Crippen LogP contribution in [0.25, 0.3) is 0 Å². The smallest absolute Gasteiger partial charge is 0.377 e. The van der Waals surface area contributed by atoms with Gasteiger partial charge in [-0.1, -0.05) is 0 Å². The Kier molecular flexibility index (Phi) is 5.31. The summed E-state index contributed by atoms with van der Waals surface area (Å²) >= 11 is 0. The molecule has 0 aliphatic heterocycles. The largest absolute Gasteiger partial charge is 0.464 e. The van der Waals surface area contributed by atoms with Crippen LogP contribution in [0.2, 0.25) is 0 Å². The van der Waals surface area contributed by atoms with E-state index in [1.807, 2.05) is 0 Å². The summed E-state index contributed by atoms with van der Waals surface area (Å²) in [4.78, 5) is 15.2. The van der Waals surface area contributed by atoms with Crippen molar-refractivity contribution in [3.8, 4) is 5.75 Å². The maximum atomic E-state index is 12.0. The zero-order chi connectivity index (χ0) is 13.6. The van der Waals surface area contributed by atoms with Gasteiger partial charge in [-0.05, 0) is 26.0 Å². The number of nitrogens with zero attached hydrogens (tertiary/aromatic N) is 1. The fourth-order valence-corrected chi connectivity index (χ4v) is 2.40. The number of aromatic nitrogens is 1. The van der Waals surface area contributed by atoms with E-state index < -0.39 is 19.7 Å². The average molecular weight is 273 g/mol. The molecule has 0 fully saturated rings. The second kappa shape index (κ2) is 6.52. The van der Waals surface area contributed by atoms with Gasteiger partial charge in [0.1, 0.15) is 5.75 Å². The summed E-state index contributed by atoms with van der Waals surface area (Å²) in [6.45, 7) is 4.67. The molecule has 0 saturated carbocycles. The Hall–Kier alpha value is -1.39. The van der Waals surface area contributed by atoms with Gasteiger partial charge in [-0.15, -0.1) is 0 Å². The number of esters is 1. The number of pyridine rings is 1. The maximum absolute atomic E-state index is 12.0. The molecule has 0 bridgehead atoms. The molecule has 2 atom stereocenters. The number of hydrogen-bond acceptors (Lipinski definition) is 6. The molecule has 0 saturated heterocycles. The van der Waals surface area contributed by atoms with E-state index in [1.165, 1.54) is 19.8 Å². The van der Waals surface area contributed by atoms with Crippen molar-refractivity contribution in [3.63, 3.8) is 0 Å². The van der Waals surface area contributed by atoms with Crippen LogP contribution in [0.5, 0.6) is 5.75 Å². The summed E-state index contributed by atoms with van der Waals surface area (Å²) in [6, 6.07) is 3.24. The van der Waals surface area contributed by atoms with Crippen LogP contribution in [-0.2, 0) is 18.6 Å². The first-order valence-electron chi connectivity index (χ1n) is 5.47. The molecule has 0 aromatic carbocycles. The molecule has 0 aliphatic rings. The average Bonchev–Trinajstić information content (AvgIpc) is 2.29. The molecular formula is C11H16NO5P. The third-order valence-corrected chi connectivity index (χ3v) is 3.12. The van der Waals surface area contributed by atoms with Crippen LogP contribution in [0, 0.1) is 0 Å². The molecular weight excluding hydrogens is 257 g/mol. The van der Waals surface area contributed by atoms with Crippen molar-refractivity contribution in [1.29, 1.82) is 0 Å². The Balaban J connectivity index is 2.59. The SMILES string of the molecule is CCOC(=O)C(C)OP(C)(=O)Oc1cccnc1. The van der Waals surface area contributed by atoms with Gasteiger partial charge < -0.3 is 9.26 Å². The molecule has 18 heavy (non-hydrogen) atoms. The molecule has 0 radical (unpaired) electrons. The minimum Gasteiger partial charge on any atom is -0.464 e. The van der Waals surface area contributed by atoms with Gasteiger partial charge in [0.05, 0.1) is 12.8 Å². The first-order chi connectivity index (χ1) is 8.44. The van der Waals surface area contributed by atoms with Crippen LogP contribution in [0.1, 0.15) is 13.8 Å². The van der Waals surface area contributed by atoms with Crippen LogP contribution in [0.4, 0.5) is 0 Å². The molecule has 0 spiro atoms. The van der Waals surface area contributed by atoms with E-state index in [0.717, 1.165) is 0 Å². The summed E-state index contributed by atoms with van der Waals surface area (Å²) in [6.07, 6.45) is 2.03. The highest BCUT2D eigenvalue weighted by Crippen LogP contribution is 2.45.